The van der Waals surface area contributed by atoms with E-state index < -0.39 is 0 Å². The predicted molar refractivity (Wildman–Crippen MR) is 99.9 cm³/mol. The van der Waals surface area contributed by atoms with E-state index in [1.165, 1.54) is 24.0 Å². The van der Waals surface area contributed by atoms with Gasteiger partial charge in [0.05, 0.1) is 11.8 Å². The van der Waals surface area contributed by atoms with E-state index >= 15 is 0 Å². The summed E-state index contributed by atoms with van der Waals surface area (Å²) in [7, 11) is 0. The molecular weight excluding hydrogens is 338 g/mol. The average Bonchev–Trinajstić information content (AvgIpc) is 2.49. The second kappa shape index (κ2) is 9.09. The first-order chi connectivity index (χ1) is 10.4. The lowest BCUT2D eigenvalue weighted by atomic mass is 9.85. The van der Waals surface area contributed by atoms with Crippen LogP contribution < -0.4 is 5.73 Å². The number of halogens is 1. The molecule has 0 aromatic heterocycles. The third-order valence-corrected chi connectivity index (χ3v) is 4.61. The number of unbranched alkanes of at least 4 members (excludes halogenated alkanes) is 1. The number of nitrogens with one attached hydrogen (secondary N) is 1. The molecule has 0 heterocycles. The van der Waals surface area contributed by atoms with Crippen molar-refractivity contribution in [3.05, 3.63) is 33.8 Å². The molecule has 0 radical (unpaired) electrons. The molecule has 1 aromatic carbocycles. The molecule has 0 aliphatic heterocycles. The quantitative estimate of drug-likeness (QED) is 0.469. The first-order valence-electron chi connectivity index (χ1n) is 8.05. The number of aryl methyl sites for hydroxylation is 1. The zero-order chi connectivity index (χ0) is 16.7. The van der Waals surface area contributed by atoms with Gasteiger partial charge in [0.1, 0.15) is 5.84 Å². The lowest BCUT2D eigenvalue weighted by Gasteiger charge is -2.25. The van der Waals surface area contributed by atoms with Crippen LogP contribution in [0.4, 0.5) is 0 Å². The van der Waals surface area contributed by atoms with Gasteiger partial charge < -0.3 is 11.1 Å². The van der Waals surface area contributed by atoms with Crippen LogP contribution in [0.25, 0.3) is 0 Å². The molecule has 22 heavy (non-hydrogen) atoms. The molecule has 0 aliphatic rings. The van der Waals surface area contributed by atoms with Crippen molar-refractivity contribution in [2.24, 2.45) is 16.6 Å². The van der Waals surface area contributed by atoms with Gasteiger partial charge in [0.15, 0.2) is 0 Å². The van der Waals surface area contributed by atoms with Crippen LogP contribution in [0.5, 0.6) is 0 Å². The fraction of sp³-hybridized carbons (Fsp3) is 0.556. The van der Waals surface area contributed by atoms with Gasteiger partial charge >= 0.3 is 0 Å². The summed E-state index contributed by atoms with van der Waals surface area (Å²) >= 11 is 3.56. The summed E-state index contributed by atoms with van der Waals surface area (Å²) in [6.07, 6.45) is 4.58. The molecule has 2 atom stereocenters. The molecular formula is C18H28BrN3. The molecule has 3 N–H and O–H groups in total. The molecule has 0 amide bonds. The van der Waals surface area contributed by atoms with Crippen molar-refractivity contribution in [1.29, 1.82) is 5.41 Å². The Balaban J connectivity index is 3.28. The summed E-state index contributed by atoms with van der Waals surface area (Å²) in [6, 6.07) is 6.33. The zero-order valence-corrected chi connectivity index (χ0v) is 15.7. The highest BCUT2D eigenvalue weighted by Crippen LogP contribution is 2.35. The zero-order valence-electron chi connectivity index (χ0n) is 14.1. The molecule has 0 spiro atoms. The predicted octanol–water partition coefficient (Wildman–Crippen LogP) is 5.41. The van der Waals surface area contributed by atoms with Gasteiger partial charge in [-0.3, -0.25) is 4.99 Å². The first-order valence-corrected chi connectivity index (χ1v) is 8.84. The minimum atomic E-state index is 0.0225. The maximum atomic E-state index is 7.72. The van der Waals surface area contributed by atoms with Crippen LogP contribution in [0, 0.1) is 18.3 Å². The summed E-state index contributed by atoms with van der Waals surface area (Å²) < 4.78 is 1.06. The van der Waals surface area contributed by atoms with Crippen LogP contribution in [-0.4, -0.2) is 11.5 Å². The summed E-state index contributed by atoms with van der Waals surface area (Å²) in [5, 5.41) is 7.72. The van der Waals surface area contributed by atoms with E-state index in [-0.39, 0.29) is 6.04 Å². The van der Waals surface area contributed by atoms with E-state index in [9.17, 15) is 0 Å². The Kier molecular flexibility index (Phi) is 7.80. The van der Waals surface area contributed by atoms with Gasteiger partial charge in [-0.1, -0.05) is 55.1 Å². The molecule has 1 aromatic rings. The lowest BCUT2D eigenvalue weighted by Crippen LogP contribution is -2.24. The molecule has 1 rings (SSSR count). The number of rotatable bonds is 8. The summed E-state index contributed by atoms with van der Waals surface area (Å²) in [5.41, 5.74) is 8.75. The Morgan fingerprint density at radius 1 is 1.36 bits per heavy atom. The first kappa shape index (κ1) is 18.9. The number of hydrogen-bond donors (Lipinski definition) is 2. The number of aliphatic imine (C=N–C) groups is 1. The van der Waals surface area contributed by atoms with Crippen molar-refractivity contribution < 1.29 is 0 Å². The van der Waals surface area contributed by atoms with Crippen molar-refractivity contribution in [1.82, 2.24) is 0 Å². The maximum absolute atomic E-state index is 7.72. The fourth-order valence-electron chi connectivity index (χ4n) is 2.66. The average molecular weight is 366 g/mol. The summed E-state index contributed by atoms with van der Waals surface area (Å²) in [6.45, 7) is 8.23. The number of amidine groups is 1. The monoisotopic (exact) mass is 365 g/mol. The summed E-state index contributed by atoms with van der Waals surface area (Å²) in [4.78, 5) is 4.72. The van der Waals surface area contributed by atoms with Gasteiger partial charge in [-0.25, -0.2) is 0 Å². The van der Waals surface area contributed by atoms with E-state index in [2.05, 4.69) is 54.9 Å². The van der Waals surface area contributed by atoms with E-state index in [1.54, 1.807) is 6.92 Å². The third kappa shape index (κ3) is 5.24. The highest BCUT2D eigenvalue weighted by atomic mass is 79.9. The van der Waals surface area contributed by atoms with Crippen molar-refractivity contribution in [3.63, 3.8) is 0 Å². The molecule has 4 heteroatoms. The van der Waals surface area contributed by atoms with Crippen LogP contribution in [0.2, 0.25) is 0 Å². The molecule has 0 fully saturated rings. The van der Waals surface area contributed by atoms with Gasteiger partial charge in [-0.05, 0) is 49.4 Å². The highest BCUT2D eigenvalue weighted by Gasteiger charge is 2.23. The van der Waals surface area contributed by atoms with E-state index in [4.69, 9.17) is 16.1 Å². The Bertz CT molecular complexity index is 537. The van der Waals surface area contributed by atoms with Crippen LogP contribution in [0.15, 0.2) is 27.7 Å². The van der Waals surface area contributed by atoms with Gasteiger partial charge in [-0.15, -0.1) is 0 Å². The second-order valence-electron chi connectivity index (χ2n) is 5.90. The molecule has 0 aliphatic carbocycles. The molecule has 0 saturated carbocycles. The molecule has 122 valence electrons. The van der Waals surface area contributed by atoms with Crippen LogP contribution in [-0.2, 0) is 0 Å². The largest absolute Gasteiger partial charge is 0.382 e. The Labute approximate surface area is 143 Å². The van der Waals surface area contributed by atoms with Gasteiger partial charge in [0.25, 0.3) is 0 Å². The molecule has 3 nitrogen and oxygen atoms in total. The van der Waals surface area contributed by atoms with E-state index in [1.807, 2.05) is 0 Å². The number of nitrogens with zero attached hydrogens (tertiary/aromatic N) is 1. The minimum Gasteiger partial charge on any atom is -0.382 e. The Morgan fingerprint density at radius 2 is 2.05 bits per heavy atom. The lowest BCUT2D eigenvalue weighted by molar-refractivity contribution is 0.379. The number of nitrogens with two attached hydrogens (primary N) is 1. The third-order valence-electron chi connectivity index (χ3n) is 4.12. The topological polar surface area (TPSA) is 62.2 Å². The van der Waals surface area contributed by atoms with E-state index in [0.29, 0.717) is 17.5 Å². The van der Waals surface area contributed by atoms with Crippen molar-refractivity contribution >= 4 is 27.5 Å². The van der Waals surface area contributed by atoms with Gasteiger partial charge in [0.2, 0.25) is 0 Å². The molecule has 2 unspecified atom stereocenters. The van der Waals surface area contributed by atoms with Crippen molar-refractivity contribution in [3.8, 4) is 0 Å². The molecule has 0 saturated heterocycles. The Hall–Kier alpha value is -1.16. The smallest absolute Gasteiger partial charge is 0.139 e. The van der Waals surface area contributed by atoms with Crippen LogP contribution >= 0.6 is 15.9 Å². The number of hydrogen-bond acceptors (Lipinski definition) is 2. The minimum absolute atomic E-state index is 0.0225. The SMILES string of the molecule is CCCCC(CC)C(N=C(N)C(C)=N)c1cc(Br)ccc1C. The van der Waals surface area contributed by atoms with Crippen LogP contribution in [0.1, 0.15) is 63.6 Å². The van der Waals surface area contributed by atoms with Crippen molar-refractivity contribution in [2.45, 2.75) is 59.4 Å². The molecule has 0 bridgehead atoms. The number of benzene rings is 1. The fourth-order valence-corrected chi connectivity index (χ4v) is 3.04. The highest BCUT2D eigenvalue weighted by molar-refractivity contribution is 9.10. The van der Waals surface area contributed by atoms with Crippen LogP contribution in [0.3, 0.4) is 0 Å². The second-order valence-corrected chi connectivity index (χ2v) is 6.81. The van der Waals surface area contributed by atoms with Gasteiger partial charge in [0, 0.05) is 4.47 Å². The normalized spacial score (nSPS) is 14.7. The van der Waals surface area contributed by atoms with Gasteiger partial charge in [-0.2, -0.15) is 0 Å². The standard InChI is InChI=1S/C18H28BrN3/c1-5-7-8-14(6-2)17(22-18(21)13(4)20)16-11-15(19)10-9-12(16)3/h9-11,14,17,20H,5-8H2,1-4H3,(H2,21,22). The summed E-state index contributed by atoms with van der Waals surface area (Å²) in [5.74, 6) is 0.796. The maximum Gasteiger partial charge on any atom is 0.139 e. The van der Waals surface area contributed by atoms with E-state index in [0.717, 1.165) is 17.3 Å². The van der Waals surface area contributed by atoms with Crippen molar-refractivity contribution in [2.75, 3.05) is 0 Å². The Morgan fingerprint density at radius 3 is 2.59 bits per heavy atom.